The van der Waals surface area contributed by atoms with Crippen LogP contribution in [0.15, 0.2) is 46.9 Å². The smallest absolute Gasteiger partial charge is 0.126 e. The SMILES string of the molecule is Fc1cc(F)cc(CCNCCOc2cccc(Br)c2)c1. The van der Waals surface area contributed by atoms with Gasteiger partial charge in [-0.3, -0.25) is 0 Å². The highest BCUT2D eigenvalue weighted by Crippen LogP contribution is 2.17. The van der Waals surface area contributed by atoms with E-state index in [9.17, 15) is 8.78 Å². The predicted octanol–water partition coefficient (Wildman–Crippen LogP) is 3.94. The molecule has 0 atom stereocenters. The van der Waals surface area contributed by atoms with Gasteiger partial charge in [-0.2, -0.15) is 0 Å². The average Bonchev–Trinajstić information content (AvgIpc) is 2.42. The molecule has 0 aliphatic carbocycles. The van der Waals surface area contributed by atoms with Gasteiger partial charge in [-0.15, -0.1) is 0 Å². The zero-order valence-electron chi connectivity index (χ0n) is 11.4. The Kier molecular flexibility index (Phi) is 6.14. The minimum atomic E-state index is -0.539. The Bertz CT molecular complexity index is 572. The maximum atomic E-state index is 13.0. The molecule has 1 N–H and O–H groups in total. The van der Waals surface area contributed by atoms with Crippen LogP contribution in [0.1, 0.15) is 5.56 Å². The van der Waals surface area contributed by atoms with Gasteiger partial charge in [0, 0.05) is 17.1 Å². The summed E-state index contributed by atoms with van der Waals surface area (Å²) in [6, 6.07) is 11.2. The summed E-state index contributed by atoms with van der Waals surface area (Å²) in [6.45, 7) is 1.85. The van der Waals surface area contributed by atoms with Crippen LogP contribution < -0.4 is 10.1 Å². The maximum absolute atomic E-state index is 13.0. The van der Waals surface area contributed by atoms with Gasteiger partial charge in [0.2, 0.25) is 0 Å². The summed E-state index contributed by atoms with van der Waals surface area (Å²) in [6.07, 6.45) is 0.575. The number of nitrogens with one attached hydrogen (secondary N) is 1. The first kappa shape index (κ1) is 15.9. The van der Waals surface area contributed by atoms with E-state index in [4.69, 9.17) is 4.74 Å². The fraction of sp³-hybridized carbons (Fsp3) is 0.250. The van der Waals surface area contributed by atoms with Crippen molar-refractivity contribution in [1.82, 2.24) is 5.32 Å². The quantitative estimate of drug-likeness (QED) is 0.759. The van der Waals surface area contributed by atoms with Gasteiger partial charge in [-0.1, -0.05) is 22.0 Å². The van der Waals surface area contributed by atoms with Crippen LogP contribution in [0.25, 0.3) is 0 Å². The van der Waals surface area contributed by atoms with Gasteiger partial charge >= 0.3 is 0 Å². The van der Waals surface area contributed by atoms with Crippen molar-refractivity contribution in [2.24, 2.45) is 0 Å². The summed E-state index contributed by atoms with van der Waals surface area (Å²) < 4.78 is 32.5. The molecule has 0 aliphatic heterocycles. The third-order valence-electron chi connectivity index (χ3n) is 2.86. The minimum absolute atomic E-state index is 0.536. The van der Waals surface area contributed by atoms with Crippen LogP contribution >= 0.6 is 15.9 Å². The molecule has 2 nitrogen and oxygen atoms in total. The maximum Gasteiger partial charge on any atom is 0.126 e. The van der Waals surface area contributed by atoms with Gasteiger partial charge in [-0.05, 0) is 48.9 Å². The van der Waals surface area contributed by atoms with Crippen molar-refractivity contribution in [3.63, 3.8) is 0 Å². The topological polar surface area (TPSA) is 21.3 Å². The Morgan fingerprint density at radius 3 is 2.48 bits per heavy atom. The van der Waals surface area contributed by atoms with Gasteiger partial charge in [0.05, 0.1) is 0 Å². The molecule has 0 fully saturated rings. The summed E-state index contributed by atoms with van der Waals surface area (Å²) in [5, 5.41) is 3.18. The van der Waals surface area contributed by atoms with E-state index in [2.05, 4.69) is 21.2 Å². The Morgan fingerprint density at radius 2 is 1.76 bits per heavy atom. The number of ether oxygens (including phenoxy) is 1. The standard InChI is InChI=1S/C16H16BrF2NO/c17-13-2-1-3-16(10-13)21-7-6-20-5-4-12-8-14(18)11-15(19)9-12/h1-3,8-11,20H,4-7H2. The predicted molar refractivity (Wildman–Crippen MR) is 82.6 cm³/mol. The molecular formula is C16H16BrF2NO. The lowest BCUT2D eigenvalue weighted by Crippen LogP contribution is -2.23. The number of halogens is 3. The lowest BCUT2D eigenvalue weighted by atomic mass is 10.1. The molecule has 2 aromatic rings. The van der Waals surface area contributed by atoms with Crippen molar-refractivity contribution in [3.05, 3.63) is 64.1 Å². The molecule has 0 saturated carbocycles. The molecule has 0 aromatic heterocycles. The van der Waals surface area contributed by atoms with Gasteiger partial charge < -0.3 is 10.1 Å². The van der Waals surface area contributed by atoms with Crippen LogP contribution in [0.5, 0.6) is 5.75 Å². The van der Waals surface area contributed by atoms with Crippen LogP contribution in [-0.2, 0) is 6.42 Å². The Morgan fingerprint density at radius 1 is 1.00 bits per heavy atom. The molecule has 2 aromatic carbocycles. The Hall–Kier alpha value is -1.46. The molecule has 0 amide bonds. The normalized spacial score (nSPS) is 10.6. The van der Waals surface area contributed by atoms with Crippen LogP contribution in [-0.4, -0.2) is 19.7 Å². The largest absolute Gasteiger partial charge is 0.492 e. The van der Waals surface area contributed by atoms with Crippen molar-refractivity contribution in [2.75, 3.05) is 19.7 Å². The molecule has 0 heterocycles. The molecule has 21 heavy (non-hydrogen) atoms. The van der Waals surface area contributed by atoms with Crippen molar-refractivity contribution in [1.29, 1.82) is 0 Å². The van der Waals surface area contributed by atoms with E-state index in [1.54, 1.807) is 0 Å². The van der Waals surface area contributed by atoms with Crippen LogP contribution in [0, 0.1) is 11.6 Å². The van der Waals surface area contributed by atoms with Gasteiger partial charge in [0.1, 0.15) is 24.0 Å². The molecule has 0 aliphatic rings. The summed E-state index contributed by atoms with van der Waals surface area (Å²) >= 11 is 3.38. The van der Waals surface area contributed by atoms with Crippen LogP contribution in [0.3, 0.4) is 0 Å². The Labute approximate surface area is 131 Å². The molecule has 5 heteroatoms. The van der Waals surface area contributed by atoms with E-state index < -0.39 is 11.6 Å². The highest BCUT2D eigenvalue weighted by molar-refractivity contribution is 9.10. The second-order valence-corrected chi connectivity index (χ2v) is 5.50. The van der Waals surface area contributed by atoms with E-state index in [1.807, 2.05) is 24.3 Å². The average molecular weight is 356 g/mol. The van der Waals surface area contributed by atoms with Crippen molar-refractivity contribution in [3.8, 4) is 5.75 Å². The second kappa shape index (κ2) is 8.10. The molecule has 0 bridgehead atoms. The molecule has 0 saturated heterocycles. The van der Waals surface area contributed by atoms with E-state index >= 15 is 0 Å². The molecule has 0 radical (unpaired) electrons. The van der Waals surface area contributed by atoms with E-state index in [0.29, 0.717) is 31.7 Å². The van der Waals surface area contributed by atoms with Gasteiger partial charge in [-0.25, -0.2) is 8.78 Å². The number of hydrogen-bond acceptors (Lipinski definition) is 2. The third-order valence-corrected chi connectivity index (χ3v) is 3.35. The third kappa shape index (κ3) is 5.81. The summed E-state index contributed by atoms with van der Waals surface area (Å²) in [4.78, 5) is 0. The Balaban J connectivity index is 1.64. The summed E-state index contributed by atoms with van der Waals surface area (Å²) in [5.74, 6) is -0.274. The lowest BCUT2D eigenvalue weighted by molar-refractivity contribution is 0.314. The second-order valence-electron chi connectivity index (χ2n) is 4.58. The van der Waals surface area contributed by atoms with Crippen molar-refractivity contribution in [2.45, 2.75) is 6.42 Å². The first-order valence-corrected chi connectivity index (χ1v) is 7.47. The van der Waals surface area contributed by atoms with Gasteiger partial charge in [0.25, 0.3) is 0 Å². The monoisotopic (exact) mass is 355 g/mol. The fourth-order valence-corrected chi connectivity index (χ4v) is 2.29. The van der Waals surface area contributed by atoms with E-state index in [1.165, 1.54) is 12.1 Å². The highest BCUT2D eigenvalue weighted by atomic mass is 79.9. The molecule has 112 valence electrons. The van der Waals surface area contributed by atoms with Crippen LogP contribution in [0.2, 0.25) is 0 Å². The molecule has 0 unspecified atom stereocenters. The highest BCUT2D eigenvalue weighted by Gasteiger charge is 2.00. The molecule has 2 rings (SSSR count). The minimum Gasteiger partial charge on any atom is -0.492 e. The zero-order valence-corrected chi connectivity index (χ0v) is 13.0. The number of rotatable bonds is 7. The summed E-state index contributed by atoms with van der Waals surface area (Å²) in [7, 11) is 0. The van der Waals surface area contributed by atoms with E-state index in [0.717, 1.165) is 16.3 Å². The van der Waals surface area contributed by atoms with Crippen molar-refractivity contribution >= 4 is 15.9 Å². The molecule has 0 spiro atoms. The summed E-state index contributed by atoms with van der Waals surface area (Å²) in [5.41, 5.74) is 0.646. The van der Waals surface area contributed by atoms with Crippen molar-refractivity contribution < 1.29 is 13.5 Å². The number of hydrogen-bond donors (Lipinski definition) is 1. The molecular weight excluding hydrogens is 340 g/mol. The first-order valence-electron chi connectivity index (χ1n) is 6.67. The first-order chi connectivity index (χ1) is 10.1. The van der Waals surface area contributed by atoms with Gasteiger partial charge in [0.15, 0.2) is 0 Å². The zero-order chi connectivity index (χ0) is 15.1. The fourth-order valence-electron chi connectivity index (χ4n) is 1.91. The van der Waals surface area contributed by atoms with E-state index in [-0.39, 0.29) is 0 Å². The van der Waals surface area contributed by atoms with Crippen LogP contribution in [0.4, 0.5) is 8.78 Å². The lowest BCUT2D eigenvalue weighted by Gasteiger charge is -2.08. The number of benzene rings is 2.